The van der Waals surface area contributed by atoms with Crippen molar-refractivity contribution in [2.24, 2.45) is 0 Å². The van der Waals surface area contributed by atoms with Gasteiger partial charge in [-0.3, -0.25) is 0 Å². The molecule has 16 heavy (non-hydrogen) atoms. The average Bonchev–Trinajstić information content (AvgIpc) is 2.33. The minimum atomic E-state index is 0.288. The van der Waals surface area contributed by atoms with Gasteiger partial charge in [-0.15, -0.1) is 0 Å². The molecule has 0 saturated carbocycles. The molecule has 0 aliphatic carbocycles. The second-order valence-electron chi connectivity index (χ2n) is 3.61. The average molecular weight is 214 g/mol. The predicted octanol–water partition coefficient (Wildman–Crippen LogP) is 3.11. The molecule has 0 radical (unpaired) electrons. The molecule has 82 valence electrons. The summed E-state index contributed by atoms with van der Waals surface area (Å²) in [5.41, 5.74) is 1.95. The fourth-order valence-electron chi connectivity index (χ4n) is 1.49. The summed E-state index contributed by atoms with van der Waals surface area (Å²) in [6, 6.07) is 17.2. The molecule has 0 amide bonds. The molecule has 2 rings (SSSR count). The van der Waals surface area contributed by atoms with E-state index in [9.17, 15) is 5.11 Å². The van der Waals surface area contributed by atoms with Crippen molar-refractivity contribution in [1.82, 2.24) is 0 Å². The lowest BCUT2D eigenvalue weighted by Gasteiger charge is -2.06. The Morgan fingerprint density at radius 2 is 1.50 bits per heavy atom. The van der Waals surface area contributed by atoms with Crippen molar-refractivity contribution in [2.75, 3.05) is 0 Å². The molecule has 0 fully saturated rings. The van der Waals surface area contributed by atoms with Crippen LogP contribution in [0.4, 0.5) is 0 Å². The van der Waals surface area contributed by atoms with Crippen molar-refractivity contribution in [3.63, 3.8) is 0 Å². The van der Waals surface area contributed by atoms with E-state index < -0.39 is 0 Å². The molecule has 0 aromatic heterocycles. The Morgan fingerprint density at radius 3 is 2.25 bits per heavy atom. The first-order valence-corrected chi connectivity index (χ1v) is 5.25. The standard InChI is InChI=1S/C14H14O2/c15-14-9-5-4-8-13(14)11-16-10-12-6-2-1-3-7-12/h1-9,15H,10-11H2. The molecule has 2 aromatic carbocycles. The lowest BCUT2D eigenvalue weighted by Crippen LogP contribution is -1.94. The third-order valence-electron chi connectivity index (χ3n) is 2.36. The number of hydrogen-bond donors (Lipinski definition) is 1. The first kappa shape index (κ1) is 10.7. The van der Waals surface area contributed by atoms with Crippen molar-refractivity contribution in [1.29, 1.82) is 0 Å². The fraction of sp³-hybridized carbons (Fsp3) is 0.143. The molecule has 0 aliphatic heterocycles. The van der Waals surface area contributed by atoms with E-state index in [1.807, 2.05) is 42.5 Å². The van der Waals surface area contributed by atoms with Gasteiger partial charge >= 0.3 is 0 Å². The number of aromatic hydroxyl groups is 1. The van der Waals surface area contributed by atoms with E-state index in [1.54, 1.807) is 12.1 Å². The van der Waals surface area contributed by atoms with Gasteiger partial charge in [-0.1, -0.05) is 48.5 Å². The molecule has 0 saturated heterocycles. The zero-order chi connectivity index (χ0) is 11.2. The molecule has 0 unspecified atom stereocenters. The van der Waals surface area contributed by atoms with Crippen LogP contribution < -0.4 is 0 Å². The fourth-order valence-corrected chi connectivity index (χ4v) is 1.49. The van der Waals surface area contributed by atoms with Gasteiger partial charge in [0, 0.05) is 5.56 Å². The predicted molar refractivity (Wildman–Crippen MR) is 63.0 cm³/mol. The van der Waals surface area contributed by atoms with Crippen molar-refractivity contribution >= 4 is 0 Å². The highest BCUT2D eigenvalue weighted by molar-refractivity contribution is 5.31. The van der Waals surface area contributed by atoms with Crippen LogP contribution in [0.15, 0.2) is 54.6 Å². The summed E-state index contributed by atoms with van der Waals surface area (Å²) in [4.78, 5) is 0. The van der Waals surface area contributed by atoms with Gasteiger partial charge in [0.15, 0.2) is 0 Å². The Hall–Kier alpha value is -1.80. The summed E-state index contributed by atoms with van der Waals surface area (Å²) in [6.45, 7) is 0.997. The van der Waals surface area contributed by atoms with Crippen LogP contribution in [0.2, 0.25) is 0 Å². The van der Waals surface area contributed by atoms with Gasteiger partial charge < -0.3 is 9.84 Å². The minimum Gasteiger partial charge on any atom is -0.508 e. The van der Waals surface area contributed by atoms with Gasteiger partial charge in [0.25, 0.3) is 0 Å². The molecule has 0 spiro atoms. The van der Waals surface area contributed by atoms with E-state index in [2.05, 4.69) is 0 Å². The quantitative estimate of drug-likeness (QED) is 0.847. The highest BCUT2D eigenvalue weighted by Crippen LogP contribution is 2.16. The Labute approximate surface area is 95.1 Å². The van der Waals surface area contributed by atoms with Gasteiger partial charge in [-0.25, -0.2) is 0 Å². The number of phenolic OH excluding ortho intramolecular Hbond substituents is 1. The summed E-state index contributed by atoms with van der Waals surface area (Å²) >= 11 is 0. The molecule has 0 atom stereocenters. The number of para-hydroxylation sites is 1. The summed E-state index contributed by atoms with van der Waals surface area (Å²) in [5, 5.41) is 9.53. The second-order valence-corrected chi connectivity index (χ2v) is 3.61. The Morgan fingerprint density at radius 1 is 0.812 bits per heavy atom. The number of phenols is 1. The third-order valence-corrected chi connectivity index (χ3v) is 2.36. The van der Waals surface area contributed by atoms with Crippen LogP contribution in [0, 0.1) is 0 Å². The Kier molecular flexibility index (Phi) is 3.57. The molecule has 2 nitrogen and oxygen atoms in total. The monoisotopic (exact) mass is 214 g/mol. The summed E-state index contributed by atoms with van der Waals surface area (Å²) in [6.07, 6.45) is 0. The maximum atomic E-state index is 9.53. The number of benzene rings is 2. The zero-order valence-electron chi connectivity index (χ0n) is 8.97. The van der Waals surface area contributed by atoms with Crippen LogP contribution in [-0.4, -0.2) is 5.11 Å². The van der Waals surface area contributed by atoms with Gasteiger partial charge in [0.2, 0.25) is 0 Å². The van der Waals surface area contributed by atoms with Gasteiger partial charge in [-0.05, 0) is 11.6 Å². The van der Waals surface area contributed by atoms with E-state index in [0.29, 0.717) is 13.2 Å². The van der Waals surface area contributed by atoms with Crippen LogP contribution in [0.25, 0.3) is 0 Å². The number of rotatable bonds is 4. The maximum absolute atomic E-state index is 9.53. The summed E-state index contributed by atoms with van der Waals surface area (Å²) in [5.74, 6) is 0.288. The summed E-state index contributed by atoms with van der Waals surface area (Å²) < 4.78 is 5.53. The third kappa shape index (κ3) is 2.84. The smallest absolute Gasteiger partial charge is 0.121 e. The molecule has 1 N–H and O–H groups in total. The van der Waals surface area contributed by atoms with Gasteiger partial charge in [-0.2, -0.15) is 0 Å². The van der Waals surface area contributed by atoms with Crippen molar-refractivity contribution in [2.45, 2.75) is 13.2 Å². The minimum absolute atomic E-state index is 0.288. The highest BCUT2D eigenvalue weighted by Gasteiger charge is 1.99. The molecule has 0 aliphatic rings. The largest absolute Gasteiger partial charge is 0.508 e. The number of hydrogen-bond acceptors (Lipinski definition) is 2. The maximum Gasteiger partial charge on any atom is 0.121 e. The van der Waals surface area contributed by atoms with Crippen LogP contribution >= 0.6 is 0 Å². The lowest BCUT2D eigenvalue weighted by molar-refractivity contribution is 0.105. The van der Waals surface area contributed by atoms with Gasteiger partial charge in [0.05, 0.1) is 13.2 Å². The lowest BCUT2D eigenvalue weighted by atomic mass is 10.2. The summed E-state index contributed by atoms with van der Waals surface area (Å²) in [7, 11) is 0. The van der Waals surface area contributed by atoms with E-state index in [-0.39, 0.29) is 5.75 Å². The second kappa shape index (κ2) is 5.33. The molecule has 0 bridgehead atoms. The highest BCUT2D eigenvalue weighted by atomic mass is 16.5. The van der Waals surface area contributed by atoms with Crippen molar-refractivity contribution < 1.29 is 9.84 Å². The van der Waals surface area contributed by atoms with E-state index in [1.165, 1.54) is 0 Å². The van der Waals surface area contributed by atoms with Crippen molar-refractivity contribution in [3.8, 4) is 5.75 Å². The normalized spacial score (nSPS) is 10.2. The first-order chi connectivity index (χ1) is 7.86. The van der Waals surface area contributed by atoms with Gasteiger partial charge in [0.1, 0.15) is 5.75 Å². The molecular weight excluding hydrogens is 200 g/mol. The molecule has 0 heterocycles. The van der Waals surface area contributed by atoms with Crippen LogP contribution in [0.3, 0.4) is 0 Å². The molecule has 2 heteroatoms. The van der Waals surface area contributed by atoms with Crippen LogP contribution in [0.5, 0.6) is 5.75 Å². The Balaban J connectivity index is 1.87. The van der Waals surface area contributed by atoms with E-state index >= 15 is 0 Å². The first-order valence-electron chi connectivity index (χ1n) is 5.25. The molecular formula is C14H14O2. The van der Waals surface area contributed by atoms with Crippen LogP contribution in [0.1, 0.15) is 11.1 Å². The van der Waals surface area contributed by atoms with E-state index in [0.717, 1.165) is 11.1 Å². The molecule has 2 aromatic rings. The zero-order valence-corrected chi connectivity index (χ0v) is 8.97. The topological polar surface area (TPSA) is 29.5 Å². The van der Waals surface area contributed by atoms with Crippen molar-refractivity contribution in [3.05, 3.63) is 65.7 Å². The van der Waals surface area contributed by atoms with E-state index in [4.69, 9.17) is 4.74 Å². The van der Waals surface area contributed by atoms with Crippen LogP contribution in [-0.2, 0) is 18.0 Å². The SMILES string of the molecule is Oc1ccccc1COCc1ccccc1. The number of ether oxygens (including phenoxy) is 1. The Bertz CT molecular complexity index is 437.